The number of likely N-dealkylation sites (tertiary alicyclic amines) is 1. The summed E-state index contributed by atoms with van der Waals surface area (Å²) in [5, 5.41) is 9.89. The van der Waals surface area contributed by atoms with E-state index in [1.165, 1.54) is 10.5 Å². The fourth-order valence-corrected chi connectivity index (χ4v) is 4.45. The number of carboxylic acid groups (broad SMARTS) is 1. The van der Waals surface area contributed by atoms with Gasteiger partial charge in [-0.2, -0.15) is 0 Å². The van der Waals surface area contributed by atoms with Crippen molar-refractivity contribution in [3.63, 3.8) is 0 Å². The number of fused-ring (bicyclic) bond motifs is 1. The van der Waals surface area contributed by atoms with E-state index in [0.29, 0.717) is 5.25 Å². The lowest BCUT2D eigenvalue weighted by Crippen LogP contribution is -2.44. The van der Waals surface area contributed by atoms with Crippen molar-refractivity contribution in [2.75, 3.05) is 19.6 Å². The second kappa shape index (κ2) is 5.41. The minimum Gasteiger partial charge on any atom is -0.481 e. The van der Waals surface area contributed by atoms with Gasteiger partial charge in [0.2, 0.25) is 0 Å². The van der Waals surface area contributed by atoms with Crippen molar-refractivity contribution in [3.05, 3.63) is 29.8 Å². The van der Waals surface area contributed by atoms with Gasteiger partial charge in [-0.3, -0.25) is 4.79 Å². The predicted molar refractivity (Wildman–Crippen MR) is 81.2 cm³/mol. The van der Waals surface area contributed by atoms with Crippen LogP contribution in [0.2, 0.25) is 0 Å². The van der Waals surface area contributed by atoms with Gasteiger partial charge in [0, 0.05) is 16.7 Å². The number of hydrogen-bond acceptors (Lipinski definition) is 3. The Bertz CT molecular complexity index is 484. The molecular formula is C16H21NO2S. The molecule has 1 saturated heterocycles. The van der Waals surface area contributed by atoms with Gasteiger partial charge in [0.15, 0.2) is 0 Å². The quantitative estimate of drug-likeness (QED) is 0.929. The molecule has 2 aliphatic heterocycles. The van der Waals surface area contributed by atoms with Crippen LogP contribution in [-0.4, -0.2) is 40.9 Å². The SMILES string of the molecule is CC1(C(=O)O)CCN(CC2Cc3ccccc3S2)CC1. The van der Waals surface area contributed by atoms with E-state index < -0.39 is 11.4 Å². The molecule has 2 heterocycles. The molecule has 1 unspecified atom stereocenters. The zero-order chi connectivity index (χ0) is 14.2. The Morgan fingerprint density at radius 2 is 2.10 bits per heavy atom. The number of nitrogens with zero attached hydrogens (tertiary/aromatic N) is 1. The second-order valence-electron chi connectivity index (χ2n) is 6.22. The fourth-order valence-electron chi connectivity index (χ4n) is 3.09. The smallest absolute Gasteiger partial charge is 0.309 e. The van der Waals surface area contributed by atoms with Crippen LogP contribution in [0.4, 0.5) is 0 Å². The zero-order valence-electron chi connectivity index (χ0n) is 11.8. The summed E-state index contributed by atoms with van der Waals surface area (Å²) in [6.45, 7) is 4.79. The molecule has 3 rings (SSSR count). The van der Waals surface area contributed by atoms with Crippen molar-refractivity contribution in [1.29, 1.82) is 0 Å². The van der Waals surface area contributed by atoms with Crippen LogP contribution in [0, 0.1) is 5.41 Å². The van der Waals surface area contributed by atoms with Gasteiger partial charge in [-0.1, -0.05) is 18.2 Å². The third-order valence-electron chi connectivity index (χ3n) is 4.65. The Hall–Kier alpha value is -1.00. The van der Waals surface area contributed by atoms with Crippen LogP contribution >= 0.6 is 11.8 Å². The number of rotatable bonds is 3. The highest BCUT2D eigenvalue weighted by molar-refractivity contribution is 8.00. The van der Waals surface area contributed by atoms with Gasteiger partial charge in [-0.25, -0.2) is 0 Å². The predicted octanol–water partition coefficient (Wildman–Crippen LogP) is 2.89. The van der Waals surface area contributed by atoms with E-state index >= 15 is 0 Å². The first-order valence-corrected chi connectivity index (χ1v) is 8.15. The van der Waals surface area contributed by atoms with Gasteiger partial charge < -0.3 is 10.0 Å². The molecule has 3 nitrogen and oxygen atoms in total. The zero-order valence-corrected chi connectivity index (χ0v) is 12.7. The van der Waals surface area contributed by atoms with Crippen molar-refractivity contribution in [2.24, 2.45) is 5.41 Å². The molecule has 1 N–H and O–H groups in total. The van der Waals surface area contributed by atoms with E-state index in [1.807, 2.05) is 18.7 Å². The van der Waals surface area contributed by atoms with Crippen LogP contribution in [0.5, 0.6) is 0 Å². The Morgan fingerprint density at radius 1 is 1.40 bits per heavy atom. The Balaban J connectivity index is 1.53. The van der Waals surface area contributed by atoms with Crippen LogP contribution < -0.4 is 0 Å². The van der Waals surface area contributed by atoms with Crippen LogP contribution in [-0.2, 0) is 11.2 Å². The van der Waals surface area contributed by atoms with Gasteiger partial charge in [-0.05, 0) is 50.9 Å². The third-order valence-corrected chi connectivity index (χ3v) is 5.95. The van der Waals surface area contributed by atoms with Gasteiger partial charge in [0.05, 0.1) is 5.41 Å². The molecule has 0 aliphatic carbocycles. The minimum atomic E-state index is -0.639. The molecule has 1 aromatic rings. The number of benzene rings is 1. The van der Waals surface area contributed by atoms with E-state index in [4.69, 9.17) is 0 Å². The van der Waals surface area contributed by atoms with Crippen LogP contribution in [0.25, 0.3) is 0 Å². The first-order valence-electron chi connectivity index (χ1n) is 7.27. The Labute approximate surface area is 124 Å². The summed E-state index contributed by atoms with van der Waals surface area (Å²) in [6, 6.07) is 8.64. The number of thioether (sulfide) groups is 1. The van der Waals surface area contributed by atoms with E-state index in [0.717, 1.165) is 38.9 Å². The average Bonchev–Trinajstić information content (AvgIpc) is 2.83. The highest BCUT2D eigenvalue weighted by Gasteiger charge is 2.37. The molecule has 1 atom stereocenters. The van der Waals surface area contributed by atoms with Crippen molar-refractivity contribution in [2.45, 2.75) is 36.3 Å². The topological polar surface area (TPSA) is 40.5 Å². The monoisotopic (exact) mass is 291 g/mol. The molecule has 4 heteroatoms. The van der Waals surface area contributed by atoms with Crippen LogP contribution in [0.15, 0.2) is 29.2 Å². The minimum absolute atomic E-state index is 0.512. The van der Waals surface area contributed by atoms with Crippen molar-refractivity contribution < 1.29 is 9.90 Å². The molecule has 0 bridgehead atoms. The number of aliphatic carboxylic acids is 1. The summed E-state index contributed by atoms with van der Waals surface area (Å²) in [7, 11) is 0. The largest absolute Gasteiger partial charge is 0.481 e. The van der Waals surface area contributed by atoms with Gasteiger partial charge >= 0.3 is 5.97 Å². The average molecular weight is 291 g/mol. The maximum atomic E-state index is 11.3. The molecule has 1 aromatic carbocycles. The molecule has 1 fully saturated rings. The van der Waals surface area contributed by atoms with Gasteiger partial charge in [0.25, 0.3) is 0 Å². The van der Waals surface area contributed by atoms with E-state index in [1.54, 1.807) is 0 Å². The van der Waals surface area contributed by atoms with Crippen LogP contribution in [0.1, 0.15) is 25.3 Å². The summed E-state index contributed by atoms with van der Waals surface area (Å²) >= 11 is 1.98. The molecule has 2 aliphatic rings. The standard InChI is InChI=1S/C16H21NO2S/c1-16(15(18)19)6-8-17(9-7-16)11-13-10-12-4-2-3-5-14(12)20-13/h2-5,13H,6-11H2,1H3,(H,18,19). The maximum absolute atomic E-state index is 11.3. The summed E-state index contributed by atoms with van der Waals surface area (Å²) in [5.74, 6) is -0.639. The maximum Gasteiger partial charge on any atom is 0.309 e. The Kier molecular flexibility index (Phi) is 3.78. The molecule has 20 heavy (non-hydrogen) atoms. The number of carboxylic acids is 1. The Morgan fingerprint density at radius 3 is 2.75 bits per heavy atom. The highest BCUT2D eigenvalue weighted by atomic mass is 32.2. The lowest BCUT2D eigenvalue weighted by molar-refractivity contribution is -0.150. The molecule has 108 valence electrons. The van der Waals surface area contributed by atoms with Crippen LogP contribution in [0.3, 0.4) is 0 Å². The van der Waals surface area contributed by atoms with Crippen molar-refractivity contribution in [3.8, 4) is 0 Å². The van der Waals surface area contributed by atoms with E-state index in [9.17, 15) is 9.90 Å². The lowest BCUT2D eigenvalue weighted by Gasteiger charge is -2.37. The molecule has 0 saturated carbocycles. The number of carbonyl (C=O) groups is 1. The second-order valence-corrected chi connectivity index (χ2v) is 7.56. The first kappa shape index (κ1) is 14.0. The molecule has 0 radical (unpaired) electrons. The number of piperidine rings is 1. The first-order chi connectivity index (χ1) is 9.57. The highest BCUT2D eigenvalue weighted by Crippen LogP contribution is 2.38. The summed E-state index contributed by atoms with van der Waals surface area (Å²) < 4.78 is 0. The molecule has 0 amide bonds. The fraction of sp³-hybridized carbons (Fsp3) is 0.562. The van der Waals surface area contributed by atoms with Crippen molar-refractivity contribution in [1.82, 2.24) is 4.90 Å². The molecular weight excluding hydrogens is 270 g/mol. The van der Waals surface area contributed by atoms with E-state index in [-0.39, 0.29) is 0 Å². The summed E-state index contributed by atoms with van der Waals surface area (Å²) in [6.07, 6.45) is 2.69. The van der Waals surface area contributed by atoms with Crippen molar-refractivity contribution >= 4 is 17.7 Å². The summed E-state index contributed by atoms with van der Waals surface area (Å²) in [4.78, 5) is 15.1. The molecule has 0 aromatic heterocycles. The van der Waals surface area contributed by atoms with E-state index in [2.05, 4.69) is 29.2 Å². The van der Waals surface area contributed by atoms with Gasteiger partial charge in [0.1, 0.15) is 0 Å². The normalized spacial score (nSPS) is 25.4. The molecule has 0 spiro atoms. The summed E-state index contributed by atoms with van der Waals surface area (Å²) in [5.41, 5.74) is 0.956. The number of hydrogen-bond donors (Lipinski definition) is 1. The van der Waals surface area contributed by atoms with Gasteiger partial charge in [-0.15, -0.1) is 11.8 Å². The third kappa shape index (κ3) is 2.72. The lowest BCUT2D eigenvalue weighted by atomic mass is 9.80.